The predicted octanol–water partition coefficient (Wildman–Crippen LogP) is 1.12. The Labute approximate surface area is 68.2 Å². The van der Waals surface area contributed by atoms with E-state index in [2.05, 4.69) is 6.07 Å². The van der Waals surface area contributed by atoms with E-state index in [0.717, 1.165) is 5.46 Å². The third-order valence-corrected chi connectivity index (χ3v) is 1.73. The van der Waals surface area contributed by atoms with Crippen molar-refractivity contribution in [3.05, 3.63) is 29.3 Å². The van der Waals surface area contributed by atoms with Gasteiger partial charge < -0.3 is 5.02 Å². The van der Waals surface area contributed by atoms with Crippen molar-refractivity contribution >= 4 is 12.4 Å². The van der Waals surface area contributed by atoms with Gasteiger partial charge >= 0.3 is 6.92 Å². The zero-order valence-electron chi connectivity index (χ0n) is 7.26. The zero-order valence-corrected chi connectivity index (χ0v) is 7.26. The predicted molar refractivity (Wildman–Crippen MR) is 49.4 cm³/mol. The molecule has 0 radical (unpaired) electrons. The van der Waals surface area contributed by atoms with Crippen LogP contribution < -0.4 is 5.46 Å². The molecule has 0 amide bonds. The minimum absolute atomic E-state index is 0.353. The summed E-state index contributed by atoms with van der Waals surface area (Å²) in [7, 11) is 0. The Morgan fingerprint density at radius 2 is 1.55 bits per heavy atom. The van der Waals surface area contributed by atoms with E-state index in [9.17, 15) is 5.02 Å². The normalized spacial score (nSPS) is 9.82. The van der Waals surface area contributed by atoms with E-state index >= 15 is 0 Å². The standard InChI is InChI=1S/C9H13BO/c1-7-4-8(2)6-9(5-7)10(3)11/h4-6,11H,1-3H3. The van der Waals surface area contributed by atoms with Gasteiger partial charge in [-0.1, -0.05) is 36.1 Å². The Bertz CT molecular complexity index is 235. The Hall–Kier alpha value is -0.755. The largest absolute Gasteiger partial charge is 0.447 e. The maximum atomic E-state index is 9.27. The van der Waals surface area contributed by atoms with Gasteiger partial charge in [-0.25, -0.2) is 0 Å². The van der Waals surface area contributed by atoms with E-state index in [4.69, 9.17) is 0 Å². The second-order valence-electron chi connectivity index (χ2n) is 3.10. The van der Waals surface area contributed by atoms with Crippen molar-refractivity contribution in [2.75, 3.05) is 0 Å². The molecule has 1 nitrogen and oxygen atoms in total. The van der Waals surface area contributed by atoms with Gasteiger partial charge in [0.2, 0.25) is 0 Å². The van der Waals surface area contributed by atoms with Crippen LogP contribution in [0.5, 0.6) is 0 Å². The molecule has 0 aliphatic heterocycles. The summed E-state index contributed by atoms with van der Waals surface area (Å²) in [5.41, 5.74) is 3.42. The molecule has 0 spiro atoms. The molecule has 0 saturated carbocycles. The van der Waals surface area contributed by atoms with Crippen LogP contribution in [-0.2, 0) is 0 Å². The van der Waals surface area contributed by atoms with Crippen molar-refractivity contribution in [1.29, 1.82) is 0 Å². The first-order valence-corrected chi connectivity index (χ1v) is 3.86. The van der Waals surface area contributed by atoms with Crippen molar-refractivity contribution in [3.63, 3.8) is 0 Å². The van der Waals surface area contributed by atoms with Gasteiger partial charge in [-0.05, 0) is 19.3 Å². The second kappa shape index (κ2) is 3.10. The molecular formula is C9H13BO. The summed E-state index contributed by atoms with van der Waals surface area (Å²) < 4.78 is 0. The Balaban J connectivity index is 3.08. The Morgan fingerprint density at radius 3 is 1.91 bits per heavy atom. The van der Waals surface area contributed by atoms with Crippen molar-refractivity contribution in [2.45, 2.75) is 20.7 Å². The van der Waals surface area contributed by atoms with Gasteiger partial charge in [0, 0.05) is 0 Å². The molecule has 0 atom stereocenters. The van der Waals surface area contributed by atoms with Crippen LogP contribution in [0.1, 0.15) is 11.1 Å². The van der Waals surface area contributed by atoms with Gasteiger partial charge in [0.1, 0.15) is 0 Å². The van der Waals surface area contributed by atoms with Crippen molar-refractivity contribution in [1.82, 2.24) is 0 Å². The van der Waals surface area contributed by atoms with E-state index in [0.29, 0.717) is 0 Å². The highest BCUT2D eigenvalue weighted by Crippen LogP contribution is 2.00. The topological polar surface area (TPSA) is 20.2 Å². The molecule has 0 heterocycles. The third kappa shape index (κ3) is 2.09. The molecule has 0 aliphatic carbocycles. The van der Waals surface area contributed by atoms with Crippen LogP contribution in [0, 0.1) is 13.8 Å². The van der Waals surface area contributed by atoms with Crippen LogP contribution in [0.25, 0.3) is 0 Å². The average Bonchev–Trinajstić information content (AvgIpc) is 1.85. The van der Waals surface area contributed by atoms with Gasteiger partial charge in [0.25, 0.3) is 0 Å². The van der Waals surface area contributed by atoms with Crippen molar-refractivity contribution in [3.8, 4) is 0 Å². The fourth-order valence-corrected chi connectivity index (χ4v) is 1.25. The molecule has 0 saturated heterocycles. The van der Waals surface area contributed by atoms with E-state index < -0.39 is 0 Å². The monoisotopic (exact) mass is 148 g/mol. The van der Waals surface area contributed by atoms with Crippen LogP contribution in [0.2, 0.25) is 6.82 Å². The fraction of sp³-hybridized carbons (Fsp3) is 0.333. The van der Waals surface area contributed by atoms with Crippen LogP contribution in [0.4, 0.5) is 0 Å². The summed E-state index contributed by atoms with van der Waals surface area (Å²) in [5.74, 6) is 0. The number of benzene rings is 1. The molecule has 0 bridgehead atoms. The Kier molecular flexibility index (Phi) is 2.35. The van der Waals surface area contributed by atoms with Gasteiger partial charge in [-0.15, -0.1) is 0 Å². The lowest BCUT2D eigenvalue weighted by Crippen LogP contribution is -2.26. The SMILES string of the molecule is CB(O)c1cc(C)cc(C)c1. The average molecular weight is 148 g/mol. The maximum absolute atomic E-state index is 9.27. The van der Waals surface area contributed by atoms with Gasteiger partial charge in [0.05, 0.1) is 0 Å². The minimum Gasteiger partial charge on any atom is -0.447 e. The van der Waals surface area contributed by atoms with E-state index in [1.165, 1.54) is 11.1 Å². The van der Waals surface area contributed by atoms with Crippen molar-refractivity contribution in [2.24, 2.45) is 0 Å². The first-order valence-electron chi connectivity index (χ1n) is 3.86. The van der Waals surface area contributed by atoms with Gasteiger partial charge in [0.15, 0.2) is 0 Å². The minimum atomic E-state index is -0.353. The van der Waals surface area contributed by atoms with E-state index in [1.54, 1.807) is 6.82 Å². The number of rotatable bonds is 1. The smallest absolute Gasteiger partial charge is 0.320 e. The quantitative estimate of drug-likeness (QED) is 0.591. The molecule has 58 valence electrons. The third-order valence-electron chi connectivity index (χ3n) is 1.73. The van der Waals surface area contributed by atoms with Crippen LogP contribution >= 0.6 is 0 Å². The van der Waals surface area contributed by atoms with Gasteiger partial charge in [-0.2, -0.15) is 0 Å². The maximum Gasteiger partial charge on any atom is 0.320 e. The Morgan fingerprint density at radius 1 is 1.09 bits per heavy atom. The molecule has 1 N–H and O–H groups in total. The number of hydrogen-bond donors (Lipinski definition) is 1. The first-order chi connectivity index (χ1) is 5.09. The summed E-state index contributed by atoms with van der Waals surface area (Å²) in [5, 5.41) is 9.27. The molecular weight excluding hydrogens is 135 g/mol. The molecule has 1 aromatic rings. The van der Waals surface area contributed by atoms with Crippen molar-refractivity contribution < 1.29 is 5.02 Å². The summed E-state index contributed by atoms with van der Waals surface area (Å²) in [6.07, 6.45) is 0. The molecule has 1 aromatic carbocycles. The highest BCUT2D eigenvalue weighted by molar-refractivity contribution is 6.64. The highest BCUT2D eigenvalue weighted by Gasteiger charge is 2.06. The fourth-order valence-electron chi connectivity index (χ4n) is 1.25. The van der Waals surface area contributed by atoms with E-state index in [1.807, 2.05) is 26.0 Å². The molecule has 0 unspecified atom stereocenters. The van der Waals surface area contributed by atoms with Crippen LogP contribution in [0.15, 0.2) is 18.2 Å². The molecule has 11 heavy (non-hydrogen) atoms. The molecule has 0 fully saturated rings. The lowest BCUT2D eigenvalue weighted by molar-refractivity contribution is 0.594. The summed E-state index contributed by atoms with van der Waals surface area (Å²) in [6.45, 7) is 5.51. The summed E-state index contributed by atoms with van der Waals surface area (Å²) in [6, 6.07) is 6.13. The van der Waals surface area contributed by atoms with Crippen LogP contribution in [0.3, 0.4) is 0 Å². The lowest BCUT2D eigenvalue weighted by atomic mass is 9.64. The summed E-state index contributed by atoms with van der Waals surface area (Å²) >= 11 is 0. The highest BCUT2D eigenvalue weighted by atomic mass is 16.2. The first kappa shape index (κ1) is 8.34. The zero-order chi connectivity index (χ0) is 8.43. The number of hydrogen-bond acceptors (Lipinski definition) is 1. The molecule has 1 rings (SSSR count). The lowest BCUT2D eigenvalue weighted by Gasteiger charge is -2.03. The molecule has 2 heteroatoms. The van der Waals surface area contributed by atoms with Crippen LogP contribution in [-0.4, -0.2) is 11.9 Å². The van der Waals surface area contributed by atoms with Gasteiger partial charge in [-0.3, -0.25) is 0 Å². The molecule has 0 aromatic heterocycles. The molecule has 0 aliphatic rings. The summed E-state index contributed by atoms with van der Waals surface area (Å²) in [4.78, 5) is 0. The second-order valence-corrected chi connectivity index (χ2v) is 3.10. The number of aryl methyl sites for hydroxylation is 2. The van der Waals surface area contributed by atoms with E-state index in [-0.39, 0.29) is 6.92 Å².